The zero-order valence-electron chi connectivity index (χ0n) is 17.2. The van der Waals surface area contributed by atoms with Crippen LogP contribution in [0.15, 0.2) is 60.7 Å². The van der Waals surface area contributed by atoms with Gasteiger partial charge in [-0.2, -0.15) is 0 Å². The minimum absolute atomic E-state index is 0.0177. The molecule has 0 spiro atoms. The van der Waals surface area contributed by atoms with Gasteiger partial charge in [0.2, 0.25) is 5.91 Å². The van der Waals surface area contributed by atoms with E-state index in [-0.39, 0.29) is 35.3 Å². The Hall–Kier alpha value is -4.14. The molecule has 5 rings (SSSR count). The highest BCUT2D eigenvalue weighted by atomic mass is 19.3. The molecule has 0 fully saturated rings. The molecule has 0 radical (unpaired) electrons. The number of fused-ring (bicyclic) bond motifs is 2. The van der Waals surface area contributed by atoms with Gasteiger partial charge in [0.1, 0.15) is 17.8 Å². The second kappa shape index (κ2) is 7.19. The van der Waals surface area contributed by atoms with E-state index in [0.717, 1.165) is 11.1 Å². The van der Waals surface area contributed by atoms with E-state index < -0.39 is 17.7 Å². The van der Waals surface area contributed by atoms with Gasteiger partial charge in [-0.1, -0.05) is 24.3 Å². The Balaban J connectivity index is 1.39. The molecule has 3 aromatic carbocycles. The molecule has 0 aliphatic carbocycles. The van der Waals surface area contributed by atoms with E-state index in [9.17, 15) is 18.4 Å². The lowest BCUT2D eigenvalue weighted by Gasteiger charge is -2.22. The van der Waals surface area contributed by atoms with Crippen molar-refractivity contribution >= 4 is 17.6 Å². The number of aromatic carboxylic acids is 1. The van der Waals surface area contributed by atoms with Gasteiger partial charge in [0.25, 0.3) is 0 Å². The first kappa shape index (κ1) is 20.7. The number of benzene rings is 3. The molecule has 0 saturated carbocycles. The summed E-state index contributed by atoms with van der Waals surface area (Å²) in [6, 6.07) is 16.1. The molecule has 0 aromatic heterocycles. The summed E-state index contributed by atoms with van der Waals surface area (Å²) < 4.78 is 41.4. The number of alkyl halides is 2. The number of carboxylic acid groups (broad SMARTS) is 1. The fourth-order valence-corrected chi connectivity index (χ4v) is 3.87. The van der Waals surface area contributed by atoms with Gasteiger partial charge in [-0.05, 0) is 48.4 Å². The van der Waals surface area contributed by atoms with Gasteiger partial charge in [-0.3, -0.25) is 4.79 Å². The van der Waals surface area contributed by atoms with Gasteiger partial charge >= 0.3 is 12.3 Å². The van der Waals surface area contributed by atoms with Crippen molar-refractivity contribution in [3.63, 3.8) is 0 Å². The van der Waals surface area contributed by atoms with Gasteiger partial charge in [0.05, 0.1) is 5.56 Å². The molecule has 1 atom stereocenters. The van der Waals surface area contributed by atoms with Crippen molar-refractivity contribution in [3.05, 3.63) is 71.8 Å². The van der Waals surface area contributed by atoms with Crippen LogP contribution in [0, 0.1) is 0 Å². The minimum atomic E-state index is -3.76. The molecule has 2 heterocycles. The Morgan fingerprint density at radius 3 is 2.33 bits per heavy atom. The van der Waals surface area contributed by atoms with E-state index in [2.05, 4.69) is 14.8 Å². The fourth-order valence-electron chi connectivity index (χ4n) is 3.87. The Labute approximate surface area is 186 Å². The summed E-state index contributed by atoms with van der Waals surface area (Å²) in [5.41, 5.74) is 1.52. The van der Waals surface area contributed by atoms with Crippen LogP contribution in [0.4, 0.5) is 14.5 Å². The number of carboxylic acids is 1. The van der Waals surface area contributed by atoms with Crippen LogP contribution in [0.3, 0.4) is 0 Å². The van der Waals surface area contributed by atoms with Crippen molar-refractivity contribution in [1.82, 2.24) is 0 Å². The highest BCUT2D eigenvalue weighted by molar-refractivity contribution is 6.00. The predicted octanol–water partition coefficient (Wildman–Crippen LogP) is 4.66. The molecule has 168 valence electrons. The van der Waals surface area contributed by atoms with Crippen molar-refractivity contribution < 1.29 is 37.7 Å². The minimum Gasteiger partial charge on any atom is -0.492 e. The highest BCUT2D eigenvalue weighted by Gasteiger charge is 2.48. The monoisotopic (exact) mass is 453 g/mol. The van der Waals surface area contributed by atoms with Crippen LogP contribution in [0.1, 0.15) is 22.8 Å². The summed E-state index contributed by atoms with van der Waals surface area (Å²) in [4.78, 5) is 24.3. The first-order valence-corrected chi connectivity index (χ1v) is 9.97. The zero-order chi connectivity index (χ0) is 23.4. The summed E-state index contributed by atoms with van der Waals surface area (Å²) in [6.07, 6.45) is -3.76. The zero-order valence-corrected chi connectivity index (χ0v) is 17.2. The fraction of sp³-hybridized carbons (Fsp3) is 0.167. The van der Waals surface area contributed by atoms with Crippen molar-refractivity contribution in [2.45, 2.75) is 18.6 Å². The standard InChI is InChI=1S/C24H17F2NO6/c1-23(12-31-18-11-20-19(10-17(18)23)32-24(25,26)33-20)22(30)27-16-4-2-3-15(9-16)13-5-7-14(8-6-13)21(28)29/h2-11H,12H2,1H3,(H,27,30)(H,28,29). The van der Waals surface area contributed by atoms with E-state index in [4.69, 9.17) is 9.84 Å². The predicted molar refractivity (Wildman–Crippen MR) is 113 cm³/mol. The number of amides is 1. The normalized spacial score (nSPS) is 19.5. The van der Waals surface area contributed by atoms with Crippen LogP contribution < -0.4 is 19.5 Å². The van der Waals surface area contributed by atoms with E-state index in [1.807, 2.05) is 6.07 Å². The molecule has 33 heavy (non-hydrogen) atoms. The Morgan fingerprint density at radius 2 is 1.64 bits per heavy atom. The quantitative estimate of drug-likeness (QED) is 0.597. The number of halogens is 2. The van der Waals surface area contributed by atoms with Gasteiger partial charge in [-0.25, -0.2) is 4.79 Å². The molecular formula is C24H17F2NO6. The van der Waals surface area contributed by atoms with Crippen LogP contribution in [0.2, 0.25) is 0 Å². The third-order valence-electron chi connectivity index (χ3n) is 5.70. The second-order valence-electron chi connectivity index (χ2n) is 8.00. The lowest BCUT2D eigenvalue weighted by molar-refractivity contribution is -0.286. The molecule has 0 bridgehead atoms. The van der Waals surface area contributed by atoms with Gasteiger partial charge in [-0.15, -0.1) is 8.78 Å². The van der Waals surface area contributed by atoms with Crippen molar-refractivity contribution in [2.24, 2.45) is 0 Å². The second-order valence-corrected chi connectivity index (χ2v) is 8.00. The lowest BCUT2D eigenvalue weighted by atomic mass is 9.83. The molecule has 3 aromatic rings. The number of ether oxygens (including phenoxy) is 3. The Morgan fingerprint density at radius 1 is 0.939 bits per heavy atom. The maximum atomic E-state index is 13.4. The first-order chi connectivity index (χ1) is 15.6. The number of anilines is 1. The molecule has 0 saturated heterocycles. The van der Waals surface area contributed by atoms with Gasteiger partial charge in [0.15, 0.2) is 11.5 Å². The SMILES string of the molecule is CC1(C(=O)Nc2cccc(-c3ccc(C(=O)O)cc3)c2)COc2cc3c(cc21)OC(F)(F)O3. The summed E-state index contributed by atoms with van der Waals surface area (Å²) in [6.45, 7) is 1.67. The molecular weight excluding hydrogens is 436 g/mol. The Kier molecular flexibility index (Phi) is 4.52. The molecule has 2 aliphatic heterocycles. The summed E-state index contributed by atoms with van der Waals surface area (Å²) in [5.74, 6) is -1.42. The van der Waals surface area contributed by atoms with Gasteiger partial charge < -0.3 is 24.6 Å². The molecule has 1 amide bonds. The Bertz CT molecular complexity index is 1290. The average Bonchev–Trinajstić information content (AvgIpc) is 3.27. The summed E-state index contributed by atoms with van der Waals surface area (Å²) in [7, 11) is 0. The maximum absolute atomic E-state index is 13.4. The molecule has 1 unspecified atom stereocenters. The lowest BCUT2D eigenvalue weighted by Crippen LogP contribution is -2.39. The van der Waals surface area contributed by atoms with Crippen molar-refractivity contribution in [1.29, 1.82) is 0 Å². The number of rotatable bonds is 4. The van der Waals surface area contributed by atoms with Crippen LogP contribution >= 0.6 is 0 Å². The molecule has 9 heteroatoms. The summed E-state index contributed by atoms with van der Waals surface area (Å²) in [5, 5.41) is 11.9. The van der Waals surface area contributed by atoms with E-state index >= 15 is 0 Å². The van der Waals surface area contributed by atoms with E-state index in [0.29, 0.717) is 11.3 Å². The van der Waals surface area contributed by atoms with E-state index in [1.54, 1.807) is 37.3 Å². The highest BCUT2D eigenvalue weighted by Crippen LogP contribution is 2.50. The number of carbonyl (C=O) groups is 2. The first-order valence-electron chi connectivity index (χ1n) is 9.97. The van der Waals surface area contributed by atoms with Crippen LogP contribution in [-0.2, 0) is 10.2 Å². The number of carbonyl (C=O) groups excluding carboxylic acids is 1. The average molecular weight is 453 g/mol. The molecule has 2 N–H and O–H groups in total. The van der Waals surface area contributed by atoms with Crippen molar-refractivity contribution in [3.8, 4) is 28.4 Å². The van der Waals surface area contributed by atoms with E-state index in [1.165, 1.54) is 24.3 Å². The van der Waals surface area contributed by atoms with Crippen molar-refractivity contribution in [2.75, 3.05) is 11.9 Å². The smallest absolute Gasteiger partial charge is 0.492 e. The van der Waals surface area contributed by atoms with Gasteiger partial charge in [0, 0.05) is 17.3 Å². The number of hydrogen-bond donors (Lipinski definition) is 2. The molecule has 2 aliphatic rings. The van der Waals surface area contributed by atoms with Crippen LogP contribution in [0.5, 0.6) is 17.2 Å². The topological polar surface area (TPSA) is 94.1 Å². The maximum Gasteiger partial charge on any atom is 0.586 e. The molecule has 7 nitrogen and oxygen atoms in total. The third-order valence-corrected chi connectivity index (χ3v) is 5.70. The largest absolute Gasteiger partial charge is 0.586 e. The summed E-state index contributed by atoms with van der Waals surface area (Å²) >= 11 is 0. The van der Waals surface area contributed by atoms with Crippen LogP contribution in [0.25, 0.3) is 11.1 Å². The number of nitrogens with one attached hydrogen (secondary N) is 1. The third kappa shape index (κ3) is 3.61. The van der Waals surface area contributed by atoms with Crippen LogP contribution in [-0.4, -0.2) is 29.9 Å². The number of hydrogen-bond acceptors (Lipinski definition) is 5.